The molecule has 0 aromatic carbocycles. The fourth-order valence-electron chi connectivity index (χ4n) is 0.879. The van der Waals surface area contributed by atoms with Gasteiger partial charge in [0.1, 0.15) is 0 Å². The van der Waals surface area contributed by atoms with Crippen molar-refractivity contribution < 1.29 is 4.79 Å². The molecule has 3 nitrogen and oxygen atoms in total. The Balaban J connectivity index is 3.64. The van der Waals surface area contributed by atoms with Gasteiger partial charge in [-0.1, -0.05) is 19.8 Å². The summed E-state index contributed by atoms with van der Waals surface area (Å²) in [6, 6.07) is -0.301. The van der Waals surface area contributed by atoms with E-state index in [2.05, 4.69) is 6.92 Å². The summed E-state index contributed by atoms with van der Waals surface area (Å²) in [6.45, 7) is 2.09. The van der Waals surface area contributed by atoms with E-state index in [0.717, 1.165) is 19.3 Å². The van der Waals surface area contributed by atoms with Gasteiger partial charge in [0.05, 0.1) is 6.04 Å². The second kappa shape index (κ2) is 5.13. The lowest BCUT2D eigenvalue weighted by atomic mass is 10.1. The summed E-state index contributed by atoms with van der Waals surface area (Å²) in [5, 5.41) is 0. The van der Waals surface area contributed by atoms with Crippen LogP contribution in [-0.2, 0) is 4.79 Å². The van der Waals surface area contributed by atoms with Crippen LogP contribution < -0.4 is 5.73 Å². The Labute approximate surface area is 68.6 Å². The first kappa shape index (κ1) is 10.4. The monoisotopic (exact) mass is 158 g/mol. The Kier molecular flexibility index (Phi) is 4.86. The number of hydrogen-bond acceptors (Lipinski definition) is 2. The minimum atomic E-state index is -0.301. The van der Waals surface area contributed by atoms with Gasteiger partial charge in [-0.3, -0.25) is 4.79 Å². The molecular weight excluding hydrogens is 140 g/mol. The standard InChI is InChI=1S/C8H18N2O/c1-4-5-6-7(9)8(11)10(2)3/h7H,4-6,9H2,1-3H3/t7-/m1/s1. The van der Waals surface area contributed by atoms with Crippen LogP contribution in [0.15, 0.2) is 0 Å². The van der Waals surface area contributed by atoms with E-state index in [-0.39, 0.29) is 11.9 Å². The molecule has 0 aliphatic rings. The Morgan fingerprint density at radius 2 is 2.09 bits per heavy atom. The van der Waals surface area contributed by atoms with Crippen molar-refractivity contribution in [2.75, 3.05) is 14.1 Å². The van der Waals surface area contributed by atoms with Crippen molar-refractivity contribution in [3.63, 3.8) is 0 Å². The van der Waals surface area contributed by atoms with Crippen molar-refractivity contribution in [2.24, 2.45) is 5.73 Å². The molecule has 0 radical (unpaired) electrons. The SMILES string of the molecule is CCCC[C@@H](N)C(=O)N(C)C. The van der Waals surface area contributed by atoms with Crippen LogP contribution in [0, 0.1) is 0 Å². The number of carbonyl (C=O) groups excluding carboxylic acids is 1. The molecule has 0 heterocycles. The number of nitrogens with zero attached hydrogens (tertiary/aromatic N) is 1. The predicted molar refractivity (Wildman–Crippen MR) is 46.2 cm³/mol. The first-order chi connectivity index (χ1) is 5.09. The fourth-order valence-corrected chi connectivity index (χ4v) is 0.879. The van der Waals surface area contributed by atoms with Gasteiger partial charge in [-0.2, -0.15) is 0 Å². The molecule has 0 aromatic heterocycles. The maximum absolute atomic E-state index is 11.1. The largest absolute Gasteiger partial charge is 0.347 e. The van der Waals surface area contributed by atoms with Crippen LogP contribution in [0.3, 0.4) is 0 Å². The van der Waals surface area contributed by atoms with Crippen molar-refractivity contribution in [3.8, 4) is 0 Å². The van der Waals surface area contributed by atoms with E-state index in [1.807, 2.05) is 0 Å². The van der Waals surface area contributed by atoms with Gasteiger partial charge in [-0.15, -0.1) is 0 Å². The maximum atomic E-state index is 11.1. The third-order valence-electron chi connectivity index (χ3n) is 1.63. The number of nitrogens with two attached hydrogens (primary N) is 1. The van der Waals surface area contributed by atoms with Crippen molar-refractivity contribution in [2.45, 2.75) is 32.2 Å². The molecule has 1 amide bonds. The van der Waals surface area contributed by atoms with Gasteiger partial charge in [0.25, 0.3) is 0 Å². The molecule has 0 spiro atoms. The zero-order valence-corrected chi connectivity index (χ0v) is 7.63. The Morgan fingerprint density at radius 3 is 2.45 bits per heavy atom. The Morgan fingerprint density at radius 1 is 1.55 bits per heavy atom. The van der Waals surface area contributed by atoms with E-state index in [1.165, 1.54) is 0 Å². The van der Waals surface area contributed by atoms with Gasteiger partial charge >= 0.3 is 0 Å². The van der Waals surface area contributed by atoms with Gasteiger partial charge in [0.2, 0.25) is 5.91 Å². The average Bonchev–Trinajstić information content (AvgIpc) is 1.98. The predicted octanol–water partition coefficient (Wildman–Crippen LogP) is 0.592. The van der Waals surface area contributed by atoms with Crippen LogP contribution in [0.2, 0.25) is 0 Å². The van der Waals surface area contributed by atoms with E-state index in [4.69, 9.17) is 5.73 Å². The number of hydrogen-bond donors (Lipinski definition) is 1. The van der Waals surface area contributed by atoms with E-state index in [9.17, 15) is 4.79 Å². The van der Waals surface area contributed by atoms with Crippen molar-refractivity contribution in [1.29, 1.82) is 0 Å². The first-order valence-electron chi connectivity index (χ1n) is 4.06. The Bertz CT molecular complexity index is 123. The summed E-state index contributed by atoms with van der Waals surface area (Å²) in [5.41, 5.74) is 5.61. The molecular formula is C8H18N2O. The van der Waals surface area contributed by atoms with Crippen LogP contribution >= 0.6 is 0 Å². The molecule has 0 rings (SSSR count). The minimum Gasteiger partial charge on any atom is -0.347 e. The van der Waals surface area contributed by atoms with Crippen molar-refractivity contribution in [3.05, 3.63) is 0 Å². The lowest BCUT2D eigenvalue weighted by Gasteiger charge is -2.15. The molecule has 1 atom stereocenters. The second-order valence-corrected chi connectivity index (χ2v) is 2.98. The zero-order chi connectivity index (χ0) is 8.85. The number of amides is 1. The molecule has 0 fully saturated rings. The summed E-state index contributed by atoms with van der Waals surface area (Å²) in [4.78, 5) is 12.7. The molecule has 0 aliphatic carbocycles. The van der Waals surface area contributed by atoms with Gasteiger partial charge in [0.15, 0.2) is 0 Å². The number of carbonyl (C=O) groups is 1. The van der Waals surface area contributed by atoms with E-state index in [1.54, 1.807) is 19.0 Å². The van der Waals surface area contributed by atoms with E-state index >= 15 is 0 Å². The van der Waals surface area contributed by atoms with Gasteiger partial charge < -0.3 is 10.6 Å². The topological polar surface area (TPSA) is 46.3 Å². The zero-order valence-electron chi connectivity index (χ0n) is 7.63. The molecule has 0 saturated carbocycles. The highest BCUT2D eigenvalue weighted by molar-refractivity contribution is 5.80. The summed E-state index contributed by atoms with van der Waals surface area (Å²) in [7, 11) is 3.46. The van der Waals surface area contributed by atoms with Crippen LogP contribution in [0.5, 0.6) is 0 Å². The van der Waals surface area contributed by atoms with Crippen molar-refractivity contribution in [1.82, 2.24) is 4.90 Å². The summed E-state index contributed by atoms with van der Waals surface area (Å²) in [6.07, 6.45) is 2.92. The molecule has 3 heteroatoms. The van der Waals surface area contributed by atoms with Gasteiger partial charge in [-0.25, -0.2) is 0 Å². The highest BCUT2D eigenvalue weighted by Gasteiger charge is 2.13. The summed E-state index contributed by atoms with van der Waals surface area (Å²) in [5.74, 6) is 0.0263. The lowest BCUT2D eigenvalue weighted by molar-refractivity contribution is -0.130. The number of unbranched alkanes of at least 4 members (excludes halogenated alkanes) is 1. The second-order valence-electron chi connectivity index (χ2n) is 2.98. The van der Waals surface area contributed by atoms with Crippen LogP contribution in [-0.4, -0.2) is 30.9 Å². The summed E-state index contributed by atoms with van der Waals surface area (Å²) < 4.78 is 0. The first-order valence-corrected chi connectivity index (χ1v) is 4.06. The lowest BCUT2D eigenvalue weighted by Crippen LogP contribution is -2.39. The average molecular weight is 158 g/mol. The fraction of sp³-hybridized carbons (Fsp3) is 0.875. The maximum Gasteiger partial charge on any atom is 0.238 e. The minimum absolute atomic E-state index is 0.0263. The molecule has 0 unspecified atom stereocenters. The molecule has 0 saturated heterocycles. The number of rotatable bonds is 4. The highest BCUT2D eigenvalue weighted by Crippen LogP contribution is 1.99. The smallest absolute Gasteiger partial charge is 0.238 e. The molecule has 2 N–H and O–H groups in total. The Hall–Kier alpha value is -0.570. The summed E-state index contributed by atoms with van der Waals surface area (Å²) >= 11 is 0. The van der Waals surface area contributed by atoms with Gasteiger partial charge in [-0.05, 0) is 6.42 Å². The quantitative estimate of drug-likeness (QED) is 0.651. The molecule has 11 heavy (non-hydrogen) atoms. The van der Waals surface area contributed by atoms with Gasteiger partial charge in [0, 0.05) is 14.1 Å². The number of likely N-dealkylation sites (N-methyl/N-ethyl adjacent to an activating group) is 1. The highest BCUT2D eigenvalue weighted by atomic mass is 16.2. The molecule has 0 aromatic rings. The van der Waals surface area contributed by atoms with Crippen LogP contribution in [0.25, 0.3) is 0 Å². The van der Waals surface area contributed by atoms with Crippen LogP contribution in [0.4, 0.5) is 0 Å². The third kappa shape index (κ3) is 3.98. The van der Waals surface area contributed by atoms with Crippen molar-refractivity contribution >= 4 is 5.91 Å². The van der Waals surface area contributed by atoms with Crippen LogP contribution in [0.1, 0.15) is 26.2 Å². The normalized spacial score (nSPS) is 12.7. The molecule has 66 valence electrons. The third-order valence-corrected chi connectivity index (χ3v) is 1.63. The molecule has 0 aliphatic heterocycles. The molecule has 0 bridgehead atoms. The van der Waals surface area contributed by atoms with E-state index < -0.39 is 0 Å². The van der Waals surface area contributed by atoms with E-state index in [0.29, 0.717) is 0 Å².